The summed E-state index contributed by atoms with van der Waals surface area (Å²) in [5.41, 5.74) is 5.24. The van der Waals surface area contributed by atoms with Gasteiger partial charge in [0.1, 0.15) is 6.54 Å². The van der Waals surface area contributed by atoms with Gasteiger partial charge in [0.05, 0.1) is 12.6 Å². The lowest BCUT2D eigenvalue weighted by Gasteiger charge is -2.03. The zero-order valence-electron chi connectivity index (χ0n) is 6.79. The second-order valence-corrected chi connectivity index (χ2v) is 1.90. The first-order valence-electron chi connectivity index (χ1n) is 3.30. The van der Waals surface area contributed by atoms with Gasteiger partial charge in [-0.15, -0.1) is 0 Å². The van der Waals surface area contributed by atoms with E-state index in [-0.39, 0.29) is 25.0 Å². The monoisotopic (exact) mass is 169 g/mol. The SMILES string of the molecule is CN=C(N)NCC(=O)NCC#N. The Hall–Kier alpha value is -1.77. The highest BCUT2D eigenvalue weighted by Gasteiger charge is 1.98. The molecular formula is C6H11N5O. The number of amides is 1. The lowest BCUT2D eigenvalue weighted by atomic mass is 10.5. The number of rotatable bonds is 3. The molecule has 0 aliphatic heterocycles. The number of nitrogens with zero attached hydrogens (tertiary/aromatic N) is 2. The van der Waals surface area contributed by atoms with Crippen molar-refractivity contribution in [1.29, 1.82) is 5.26 Å². The minimum Gasteiger partial charge on any atom is -0.370 e. The third kappa shape index (κ3) is 5.05. The second kappa shape index (κ2) is 5.97. The van der Waals surface area contributed by atoms with Crippen LogP contribution in [0.25, 0.3) is 0 Å². The Morgan fingerprint density at radius 1 is 1.67 bits per heavy atom. The Kier molecular flexibility index (Phi) is 5.09. The average molecular weight is 169 g/mol. The summed E-state index contributed by atoms with van der Waals surface area (Å²) in [6, 6.07) is 1.78. The lowest BCUT2D eigenvalue weighted by Crippen LogP contribution is -2.40. The summed E-state index contributed by atoms with van der Waals surface area (Å²) in [6.45, 7) is 0.0362. The fourth-order valence-corrected chi connectivity index (χ4v) is 0.451. The van der Waals surface area contributed by atoms with Crippen molar-refractivity contribution in [2.24, 2.45) is 10.7 Å². The van der Waals surface area contributed by atoms with E-state index in [2.05, 4.69) is 15.6 Å². The molecule has 6 nitrogen and oxygen atoms in total. The van der Waals surface area contributed by atoms with Crippen molar-refractivity contribution in [1.82, 2.24) is 10.6 Å². The smallest absolute Gasteiger partial charge is 0.240 e. The van der Waals surface area contributed by atoms with Gasteiger partial charge < -0.3 is 16.4 Å². The van der Waals surface area contributed by atoms with Crippen LogP contribution in [0.15, 0.2) is 4.99 Å². The third-order valence-corrected chi connectivity index (χ3v) is 1.04. The first kappa shape index (κ1) is 10.2. The van der Waals surface area contributed by atoms with Crippen LogP contribution in [0.2, 0.25) is 0 Å². The Bertz CT molecular complexity index is 216. The van der Waals surface area contributed by atoms with Gasteiger partial charge in [-0.2, -0.15) is 5.26 Å². The molecule has 0 radical (unpaired) electrons. The molecule has 12 heavy (non-hydrogen) atoms. The van der Waals surface area contributed by atoms with Crippen LogP contribution in [-0.2, 0) is 4.79 Å². The molecular weight excluding hydrogens is 158 g/mol. The summed E-state index contributed by atoms with van der Waals surface area (Å²) in [5.74, 6) is -0.0924. The van der Waals surface area contributed by atoms with Crippen molar-refractivity contribution in [2.45, 2.75) is 0 Å². The minimum atomic E-state index is -0.289. The molecule has 0 bridgehead atoms. The van der Waals surface area contributed by atoms with Gasteiger partial charge in [-0.1, -0.05) is 0 Å². The van der Waals surface area contributed by atoms with Crippen molar-refractivity contribution in [2.75, 3.05) is 20.1 Å². The van der Waals surface area contributed by atoms with Crippen LogP contribution in [0, 0.1) is 11.3 Å². The molecule has 0 aromatic heterocycles. The highest BCUT2D eigenvalue weighted by atomic mass is 16.1. The van der Waals surface area contributed by atoms with E-state index in [1.54, 1.807) is 6.07 Å². The first-order valence-corrected chi connectivity index (χ1v) is 3.30. The van der Waals surface area contributed by atoms with Crippen LogP contribution >= 0.6 is 0 Å². The summed E-state index contributed by atoms with van der Waals surface area (Å²) in [7, 11) is 1.51. The Morgan fingerprint density at radius 3 is 2.83 bits per heavy atom. The lowest BCUT2D eigenvalue weighted by molar-refractivity contribution is -0.119. The highest BCUT2D eigenvalue weighted by molar-refractivity contribution is 5.85. The Balaban J connectivity index is 3.52. The van der Waals surface area contributed by atoms with Crippen molar-refractivity contribution in [3.63, 3.8) is 0 Å². The molecule has 1 amide bonds. The third-order valence-electron chi connectivity index (χ3n) is 1.04. The summed E-state index contributed by atoms with van der Waals surface area (Å²) in [5, 5.41) is 13.0. The predicted octanol–water partition coefficient (Wildman–Crippen LogP) is -1.84. The van der Waals surface area contributed by atoms with E-state index < -0.39 is 0 Å². The number of carbonyl (C=O) groups excluding carboxylic acids is 1. The molecule has 0 aromatic rings. The van der Waals surface area contributed by atoms with E-state index in [0.29, 0.717) is 0 Å². The zero-order chi connectivity index (χ0) is 9.40. The van der Waals surface area contributed by atoms with Gasteiger partial charge in [-0.05, 0) is 0 Å². The topological polar surface area (TPSA) is 103 Å². The van der Waals surface area contributed by atoms with E-state index in [4.69, 9.17) is 11.0 Å². The van der Waals surface area contributed by atoms with Crippen molar-refractivity contribution >= 4 is 11.9 Å². The zero-order valence-corrected chi connectivity index (χ0v) is 6.79. The van der Waals surface area contributed by atoms with Gasteiger partial charge in [0, 0.05) is 7.05 Å². The second-order valence-electron chi connectivity index (χ2n) is 1.90. The summed E-state index contributed by atoms with van der Waals surface area (Å²) in [4.78, 5) is 14.4. The molecule has 0 heterocycles. The maximum absolute atomic E-state index is 10.8. The van der Waals surface area contributed by atoms with Crippen molar-refractivity contribution in [3.8, 4) is 6.07 Å². The number of carbonyl (C=O) groups is 1. The molecule has 0 aromatic carbocycles. The molecule has 0 rings (SSSR count). The predicted molar refractivity (Wildman–Crippen MR) is 44.2 cm³/mol. The molecule has 0 aliphatic carbocycles. The number of hydrogen-bond donors (Lipinski definition) is 3. The van der Waals surface area contributed by atoms with Gasteiger partial charge in [0.15, 0.2) is 5.96 Å². The van der Waals surface area contributed by atoms with E-state index in [9.17, 15) is 4.79 Å². The molecule has 0 fully saturated rings. The van der Waals surface area contributed by atoms with Gasteiger partial charge in [0.2, 0.25) is 5.91 Å². The van der Waals surface area contributed by atoms with Gasteiger partial charge in [-0.3, -0.25) is 9.79 Å². The molecule has 66 valence electrons. The first-order chi connectivity index (χ1) is 5.70. The fourth-order valence-electron chi connectivity index (χ4n) is 0.451. The largest absolute Gasteiger partial charge is 0.370 e. The Morgan fingerprint density at radius 2 is 2.33 bits per heavy atom. The maximum atomic E-state index is 10.8. The molecule has 6 heteroatoms. The van der Waals surface area contributed by atoms with E-state index in [1.807, 2.05) is 0 Å². The van der Waals surface area contributed by atoms with Crippen LogP contribution in [0.5, 0.6) is 0 Å². The molecule has 0 atom stereocenters. The molecule has 4 N–H and O–H groups in total. The van der Waals surface area contributed by atoms with Gasteiger partial charge in [0.25, 0.3) is 0 Å². The normalized spacial score (nSPS) is 10.2. The summed E-state index contributed by atoms with van der Waals surface area (Å²) < 4.78 is 0. The summed E-state index contributed by atoms with van der Waals surface area (Å²) in [6.07, 6.45) is 0. The molecule has 0 saturated carbocycles. The number of guanidine groups is 1. The highest BCUT2D eigenvalue weighted by Crippen LogP contribution is 1.64. The standard InChI is InChI=1S/C6H11N5O/c1-9-6(8)11-4-5(12)10-3-2-7/h3-4H2,1H3,(H,10,12)(H3,8,9,11). The number of nitrogens with two attached hydrogens (primary N) is 1. The van der Waals surface area contributed by atoms with E-state index in [0.717, 1.165) is 0 Å². The van der Waals surface area contributed by atoms with Gasteiger partial charge >= 0.3 is 0 Å². The van der Waals surface area contributed by atoms with Crippen LogP contribution in [-0.4, -0.2) is 32.0 Å². The Labute approximate surface area is 70.5 Å². The summed E-state index contributed by atoms with van der Waals surface area (Å²) >= 11 is 0. The van der Waals surface area contributed by atoms with Crippen molar-refractivity contribution < 1.29 is 4.79 Å². The number of hydrogen-bond acceptors (Lipinski definition) is 3. The quantitative estimate of drug-likeness (QED) is 0.262. The molecule has 0 saturated heterocycles. The fraction of sp³-hybridized carbons (Fsp3) is 0.500. The molecule has 0 spiro atoms. The van der Waals surface area contributed by atoms with E-state index >= 15 is 0 Å². The molecule has 0 unspecified atom stereocenters. The average Bonchev–Trinajstić information content (AvgIpc) is 2.10. The number of nitrogens with one attached hydrogen (secondary N) is 2. The maximum Gasteiger partial charge on any atom is 0.240 e. The van der Waals surface area contributed by atoms with Crippen LogP contribution in [0.4, 0.5) is 0 Å². The number of aliphatic imine (C=N–C) groups is 1. The van der Waals surface area contributed by atoms with Gasteiger partial charge in [-0.25, -0.2) is 0 Å². The van der Waals surface area contributed by atoms with Crippen molar-refractivity contribution in [3.05, 3.63) is 0 Å². The van der Waals surface area contributed by atoms with E-state index in [1.165, 1.54) is 7.05 Å². The molecule has 0 aliphatic rings. The van der Waals surface area contributed by atoms with Crippen LogP contribution < -0.4 is 16.4 Å². The minimum absolute atomic E-state index is 0.00366. The van der Waals surface area contributed by atoms with Crippen LogP contribution in [0.3, 0.4) is 0 Å². The number of nitriles is 1. The van der Waals surface area contributed by atoms with Crippen LogP contribution in [0.1, 0.15) is 0 Å².